The maximum Gasteiger partial charge on any atom is 0.132 e. The number of aromatic nitrogens is 1. The van der Waals surface area contributed by atoms with Crippen molar-refractivity contribution in [2.75, 3.05) is 0 Å². The Morgan fingerprint density at radius 2 is 0.774 bits per heavy atom. The van der Waals surface area contributed by atoms with Crippen LogP contribution in [0, 0.1) is 0 Å². The molecule has 0 amide bonds. The van der Waals surface area contributed by atoms with Gasteiger partial charge in [0.05, 0.1) is 16.8 Å². The molecule has 0 fully saturated rings. The molecule has 1 aromatic heterocycles. The van der Waals surface area contributed by atoms with Gasteiger partial charge in [0.25, 0.3) is 0 Å². The molecule has 0 saturated heterocycles. The minimum atomic E-state index is -0.528. The number of rotatable bonds is 6. The predicted octanol–water partition coefficient (Wildman–Crippen LogP) is 15.6. The molecule has 0 N–H and O–H groups in total. The molecule has 1 aliphatic heterocycles. The Kier molecular flexibility index (Phi) is 8.43. The summed E-state index contributed by atoms with van der Waals surface area (Å²) < 4.78 is 6.77. The zero-order valence-corrected chi connectivity index (χ0v) is 33.9. The third kappa shape index (κ3) is 5.76. The Morgan fingerprint density at radius 3 is 1.48 bits per heavy atom. The van der Waals surface area contributed by atoms with E-state index in [0.717, 1.165) is 73.0 Å². The second kappa shape index (κ2) is 14.6. The summed E-state index contributed by atoms with van der Waals surface area (Å²) >= 11 is 0. The van der Waals surface area contributed by atoms with Crippen molar-refractivity contribution < 1.29 is 4.74 Å². The molecule has 10 aromatic rings. The Labute approximate surface area is 362 Å². The smallest absolute Gasteiger partial charge is 0.132 e. The van der Waals surface area contributed by atoms with Gasteiger partial charge in [-0.25, -0.2) is 4.98 Å². The highest BCUT2D eigenvalue weighted by atomic mass is 16.5. The fraction of sp³-hybridized carbons (Fsp3) is 0.0167. The largest absolute Gasteiger partial charge is 0.457 e. The van der Waals surface area contributed by atoms with Crippen LogP contribution in [0.25, 0.3) is 78.1 Å². The highest BCUT2D eigenvalue weighted by Gasteiger charge is 2.51. The lowest BCUT2D eigenvalue weighted by Gasteiger charge is -2.39. The summed E-state index contributed by atoms with van der Waals surface area (Å²) in [6.45, 7) is 0. The van der Waals surface area contributed by atoms with Crippen molar-refractivity contribution in [3.63, 3.8) is 0 Å². The SMILES string of the molecule is c1ccc(-c2cc(-c3ccccc3)nc(-c3ccc(-c4ccccc4)c(-c4cccc(-c5ccc6c(c5)C5(c7ccccc7O6)c6ccccc6-c6ccccc65)c4)c3)c2)cc1. The first-order chi connectivity index (χ1) is 30.7. The van der Waals surface area contributed by atoms with Crippen LogP contribution in [0.1, 0.15) is 22.3 Å². The van der Waals surface area contributed by atoms with E-state index >= 15 is 0 Å². The van der Waals surface area contributed by atoms with Crippen molar-refractivity contribution >= 4 is 0 Å². The minimum absolute atomic E-state index is 0.528. The lowest BCUT2D eigenvalue weighted by molar-refractivity contribution is 0.436. The van der Waals surface area contributed by atoms with Gasteiger partial charge in [0.15, 0.2) is 0 Å². The van der Waals surface area contributed by atoms with Crippen LogP contribution in [-0.4, -0.2) is 4.98 Å². The highest BCUT2D eigenvalue weighted by molar-refractivity contribution is 5.91. The van der Waals surface area contributed by atoms with Gasteiger partial charge < -0.3 is 4.74 Å². The second-order valence-corrected chi connectivity index (χ2v) is 16.2. The van der Waals surface area contributed by atoms with Crippen LogP contribution < -0.4 is 4.74 Å². The van der Waals surface area contributed by atoms with Crippen molar-refractivity contribution in [3.05, 3.63) is 259 Å². The van der Waals surface area contributed by atoms with Gasteiger partial charge in [-0.1, -0.05) is 194 Å². The first-order valence-electron chi connectivity index (χ1n) is 21.3. The highest BCUT2D eigenvalue weighted by Crippen LogP contribution is 2.62. The van der Waals surface area contributed by atoms with Crippen LogP contribution in [0.2, 0.25) is 0 Å². The van der Waals surface area contributed by atoms with Crippen molar-refractivity contribution in [3.8, 4) is 89.6 Å². The lowest BCUT2D eigenvalue weighted by Crippen LogP contribution is -2.32. The van der Waals surface area contributed by atoms with Gasteiger partial charge in [-0.3, -0.25) is 0 Å². The van der Waals surface area contributed by atoms with Gasteiger partial charge >= 0.3 is 0 Å². The molecule has 2 nitrogen and oxygen atoms in total. The summed E-state index contributed by atoms with van der Waals surface area (Å²) in [7, 11) is 0. The van der Waals surface area contributed by atoms with E-state index in [1.54, 1.807) is 0 Å². The van der Waals surface area contributed by atoms with Crippen LogP contribution in [0.15, 0.2) is 237 Å². The summed E-state index contributed by atoms with van der Waals surface area (Å²) in [5.41, 5.74) is 20.1. The number of nitrogens with zero attached hydrogens (tertiary/aromatic N) is 1. The molecular formula is C60H39NO. The molecule has 62 heavy (non-hydrogen) atoms. The van der Waals surface area contributed by atoms with Gasteiger partial charge in [0.1, 0.15) is 11.5 Å². The Balaban J connectivity index is 1.03. The van der Waals surface area contributed by atoms with Crippen molar-refractivity contribution in [1.29, 1.82) is 0 Å². The third-order valence-corrected chi connectivity index (χ3v) is 12.8. The van der Waals surface area contributed by atoms with Crippen LogP contribution in [-0.2, 0) is 5.41 Å². The summed E-state index contributed by atoms with van der Waals surface area (Å²) in [6.07, 6.45) is 0. The normalized spacial score (nSPS) is 12.8. The first-order valence-corrected chi connectivity index (χ1v) is 21.3. The number of hydrogen-bond donors (Lipinski definition) is 0. The molecule has 12 rings (SSSR count). The van der Waals surface area contributed by atoms with Crippen LogP contribution >= 0.6 is 0 Å². The van der Waals surface area contributed by atoms with E-state index in [0.29, 0.717) is 0 Å². The van der Waals surface area contributed by atoms with E-state index in [4.69, 9.17) is 9.72 Å². The average molecular weight is 790 g/mol. The molecule has 0 radical (unpaired) electrons. The Hall–Kier alpha value is -8.07. The fourth-order valence-electron chi connectivity index (χ4n) is 9.95. The van der Waals surface area contributed by atoms with Crippen molar-refractivity contribution in [2.45, 2.75) is 5.41 Å². The maximum atomic E-state index is 6.77. The fourth-order valence-corrected chi connectivity index (χ4v) is 9.95. The Bertz CT molecular complexity index is 3210. The molecular weight excluding hydrogens is 751 g/mol. The van der Waals surface area contributed by atoms with Crippen molar-refractivity contribution in [1.82, 2.24) is 4.98 Å². The molecule has 0 unspecified atom stereocenters. The molecule has 9 aromatic carbocycles. The standard InChI is InChI=1S/C60H39NO/c1-4-17-40(18-5-1)47-38-56(42-21-8-3-9-22-42)61-57(39-47)46-31-33-48(41-19-6-2-7-20-41)51(36-46)45-24-16-23-43(35-45)44-32-34-59-55(37-44)60(54-29-14-15-30-58(54)62-59)52-27-12-10-25-49(52)50-26-11-13-28-53(50)60/h1-39H. The van der Waals surface area contributed by atoms with Gasteiger partial charge in [-0.15, -0.1) is 0 Å². The van der Waals surface area contributed by atoms with Gasteiger partial charge in [0, 0.05) is 22.3 Å². The summed E-state index contributed by atoms with van der Waals surface area (Å²) in [6, 6.07) is 85.1. The number of fused-ring (bicyclic) bond motifs is 9. The van der Waals surface area contributed by atoms with Gasteiger partial charge in [-0.05, 0) is 109 Å². The molecule has 2 heterocycles. The number of para-hydroxylation sites is 1. The number of pyridine rings is 1. The van der Waals surface area contributed by atoms with Crippen LogP contribution in [0.3, 0.4) is 0 Å². The molecule has 0 bridgehead atoms. The minimum Gasteiger partial charge on any atom is -0.457 e. The monoisotopic (exact) mass is 789 g/mol. The van der Waals surface area contributed by atoms with Gasteiger partial charge in [0.2, 0.25) is 0 Å². The predicted molar refractivity (Wildman–Crippen MR) is 254 cm³/mol. The Morgan fingerprint density at radius 1 is 0.258 bits per heavy atom. The van der Waals surface area contributed by atoms with Crippen LogP contribution in [0.4, 0.5) is 0 Å². The molecule has 2 heteroatoms. The summed E-state index contributed by atoms with van der Waals surface area (Å²) in [5.74, 6) is 1.78. The number of ether oxygens (including phenoxy) is 1. The number of benzene rings is 9. The quantitative estimate of drug-likeness (QED) is 0.167. The summed E-state index contributed by atoms with van der Waals surface area (Å²) in [4.78, 5) is 5.31. The molecule has 1 aliphatic carbocycles. The third-order valence-electron chi connectivity index (χ3n) is 12.8. The van der Waals surface area contributed by atoms with Crippen molar-refractivity contribution in [2.24, 2.45) is 0 Å². The topological polar surface area (TPSA) is 22.1 Å². The summed E-state index contributed by atoms with van der Waals surface area (Å²) in [5, 5.41) is 0. The van der Waals surface area contributed by atoms with E-state index < -0.39 is 5.41 Å². The van der Waals surface area contributed by atoms with E-state index in [9.17, 15) is 0 Å². The molecule has 290 valence electrons. The van der Waals surface area contributed by atoms with Crippen LogP contribution in [0.5, 0.6) is 11.5 Å². The zero-order valence-electron chi connectivity index (χ0n) is 33.9. The van der Waals surface area contributed by atoms with E-state index in [1.807, 2.05) is 0 Å². The molecule has 1 spiro atoms. The average Bonchev–Trinajstić information content (AvgIpc) is 3.65. The second-order valence-electron chi connectivity index (χ2n) is 16.2. The van der Waals surface area contributed by atoms with E-state index in [2.05, 4.69) is 237 Å². The molecule has 0 saturated carbocycles. The zero-order chi connectivity index (χ0) is 41.0. The first kappa shape index (κ1) is 35.8. The van der Waals surface area contributed by atoms with E-state index in [1.165, 1.54) is 38.9 Å². The molecule has 2 aliphatic rings. The molecule has 0 atom stereocenters. The lowest BCUT2D eigenvalue weighted by atomic mass is 9.66. The number of hydrogen-bond acceptors (Lipinski definition) is 2. The van der Waals surface area contributed by atoms with Gasteiger partial charge in [-0.2, -0.15) is 0 Å². The maximum absolute atomic E-state index is 6.77. The van der Waals surface area contributed by atoms with E-state index in [-0.39, 0.29) is 0 Å².